The zero-order valence-corrected chi connectivity index (χ0v) is 13.4. The number of allylic oxidation sites excluding steroid dienone is 1. The van der Waals surface area contributed by atoms with E-state index in [1.54, 1.807) is 4.90 Å². The first kappa shape index (κ1) is 14.4. The van der Waals surface area contributed by atoms with Crippen molar-refractivity contribution in [2.24, 2.45) is 0 Å². The molecule has 1 atom stereocenters. The van der Waals surface area contributed by atoms with Gasteiger partial charge >= 0.3 is 0 Å². The summed E-state index contributed by atoms with van der Waals surface area (Å²) in [5.41, 5.74) is 5.62. The first-order valence-corrected chi connectivity index (χ1v) is 8.26. The number of likely N-dealkylation sites (N-methyl/N-ethyl adjacent to an activating group) is 1. The molecule has 0 aromatic heterocycles. The molecule has 2 heteroatoms. The highest BCUT2D eigenvalue weighted by atomic mass is 15.1. The van der Waals surface area contributed by atoms with Crippen LogP contribution in [0.15, 0.2) is 35.9 Å². The zero-order valence-electron chi connectivity index (χ0n) is 13.4. The van der Waals surface area contributed by atoms with Gasteiger partial charge < -0.3 is 9.80 Å². The Labute approximate surface area is 128 Å². The molecule has 112 valence electrons. The van der Waals surface area contributed by atoms with Crippen LogP contribution in [0.4, 0.5) is 5.69 Å². The van der Waals surface area contributed by atoms with Crippen LogP contribution in [0.1, 0.15) is 30.4 Å². The highest BCUT2D eigenvalue weighted by Gasteiger charge is 2.12. The van der Waals surface area contributed by atoms with Crippen molar-refractivity contribution >= 4 is 11.8 Å². The third-order valence-electron chi connectivity index (χ3n) is 4.75. The molecular formula is C19H27N2+. The minimum atomic E-state index is 1.16. The van der Waals surface area contributed by atoms with Crippen molar-refractivity contribution in [2.75, 3.05) is 38.1 Å². The molecule has 2 nitrogen and oxygen atoms in total. The van der Waals surface area contributed by atoms with Crippen LogP contribution in [0.5, 0.6) is 0 Å². The predicted octanol–water partition coefficient (Wildman–Crippen LogP) is 2.45. The Morgan fingerprint density at radius 1 is 1.14 bits per heavy atom. The largest absolute Gasteiger partial charge is 0.372 e. The van der Waals surface area contributed by atoms with Crippen molar-refractivity contribution in [1.82, 2.24) is 0 Å². The van der Waals surface area contributed by atoms with E-state index in [1.807, 2.05) is 0 Å². The van der Waals surface area contributed by atoms with Crippen molar-refractivity contribution < 1.29 is 4.90 Å². The molecule has 1 N–H and O–H groups in total. The van der Waals surface area contributed by atoms with Gasteiger partial charge in [-0.05, 0) is 54.7 Å². The second-order valence-corrected chi connectivity index (χ2v) is 6.51. The van der Waals surface area contributed by atoms with Crippen LogP contribution in [0, 0.1) is 6.92 Å². The monoisotopic (exact) mass is 283 g/mol. The van der Waals surface area contributed by atoms with Gasteiger partial charge in [-0.25, -0.2) is 0 Å². The number of aryl methyl sites for hydroxylation is 1. The summed E-state index contributed by atoms with van der Waals surface area (Å²) < 4.78 is 0. The fourth-order valence-electron chi connectivity index (χ4n) is 3.23. The lowest BCUT2D eigenvalue weighted by molar-refractivity contribution is -0.874. The fourth-order valence-corrected chi connectivity index (χ4v) is 3.23. The molecule has 2 heterocycles. The molecule has 2 aliphatic rings. The lowest BCUT2D eigenvalue weighted by Crippen LogP contribution is -3.09. The van der Waals surface area contributed by atoms with Gasteiger partial charge in [0.15, 0.2) is 0 Å². The van der Waals surface area contributed by atoms with Crippen molar-refractivity contribution in [1.29, 1.82) is 0 Å². The van der Waals surface area contributed by atoms with Crippen LogP contribution >= 0.6 is 0 Å². The molecule has 0 radical (unpaired) electrons. The SMILES string of the molecule is Cc1cc(N2CCCC2)ccc1/C=C/C1=CC[NH+](C)CC1. The maximum absolute atomic E-state index is 2.50. The van der Waals surface area contributed by atoms with E-state index in [2.05, 4.69) is 55.3 Å². The van der Waals surface area contributed by atoms with Gasteiger partial charge in [0, 0.05) is 25.2 Å². The smallest absolute Gasteiger partial charge is 0.0961 e. The standard InChI is InChI=1S/C19H26N2/c1-16-15-19(21-11-3-4-12-21)8-7-18(16)6-5-17-9-13-20(2)14-10-17/h5-9,15H,3-4,10-14H2,1-2H3/p+1/b6-5+. The van der Waals surface area contributed by atoms with Gasteiger partial charge in [-0.1, -0.05) is 18.2 Å². The number of hydrogen-bond acceptors (Lipinski definition) is 1. The van der Waals surface area contributed by atoms with Crippen LogP contribution in [-0.2, 0) is 0 Å². The lowest BCUT2D eigenvalue weighted by Gasteiger charge is -2.19. The fraction of sp³-hybridized carbons (Fsp3) is 0.474. The molecule has 0 bridgehead atoms. The normalized spacial score (nSPS) is 22.9. The molecule has 0 amide bonds. The second-order valence-electron chi connectivity index (χ2n) is 6.51. The molecule has 2 aliphatic heterocycles. The molecule has 0 saturated carbocycles. The van der Waals surface area contributed by atoms with Gasteiger partial charge in [-0.15, -0.1) is 0 Å². The quantitative estimate of drug-likeness (QED) is 0.895. The van der Waals surface area contributed by atoms with E-state index < -0.39 is 0 Å². The second kappa shape index (κ2) is 6.48. The molecule has 3 rings (SSSR count). The van der Waals surface area contributed by atoms with Gasteiger partial charge in [0.25, 0.3) is 0 Å². The Balaban J connectivity index is 1.71. The van der Waals surface area contributed by atoms with Gasteiger partial charge in [0.1, 0.15) is 0 Å². The van der Waals surface area contributed by atoms with E-state index in [9.17, 15) is 0 Å². The Morgan fingerprint density at radius 2 is 1.95 bits per heavy atom. The molecule has 0 aliphatic carbocycles. The molecule has 21 heavy (non-hydrogen) atoms. The predicted molar refractivity (Wildman–Crippen MR) is 91.0 cm³/mol. The van der Waals surface area contributed by atoms with Crippen LogP contribution < -0.4 is 9.80 Å². The summed E-state index contributed by atoms with van der Waals surface area (Å²) in [5, 5.41) is 0. The molecule has 1 saturated heterocycles. The first-order chi connectivity index (χ1) is 10.2. The number of quaternary nitrogens is 1. The summed E-state index contributed by atoms with van der Waals surface area (Å²) in [6.45, 7) is 7.08. The summed E-state index contributed by atoms with van der Waals surface area (Å²) in [6, 6.07) is 6.91. The maximum Gasteiger partial charge on any atom is 0.0961 e. The van der Waals surface area contributed by atoms with Crippen LogP contribution in [-0.4, -0.2) is 33.2 Å². The van der Waals surface area contributed by atoms with Crippen LogP contribution in [0.3, 0.4) is 0 Å². The van der Waals surface area contributed by atoms with E-state index in [1.165, 1.54) is 61.3 Å². The number of nitrogens with zero attached hydrogens (tertiary/aromatic N) is 1. The van der Waals surface area contributed by atoms with Crippen molar-refractivity contribution in [2.45, 2.75) is 26.2 Å². The van der Waals surface area contributed by atoms with E-state index in [-0.39, 0.29) is 0 Å². The van der Waals surface area contributed by atoms with Gasteiger partial charge in [0.05, 0.1) is 20.1 Å². The Kier molecular flexibility index (Phi) is 4.45. The van der Waals surface area contributed by atoms with Gasteiger partial charge in [0.2, 0.25) is 0 Å². The third kappa shape index (κ3) is 3.56. The Bertz CT molecular complexity index is 551. The average molecular weight is 283 g/mol. The number of rotatable bonds is 3. The van der Waals surface area contributed by atoms with Crippen LogP contribution in [0.25, 0.3) is 6.08 Å². The minimum absolute atomic E-state index is 1.16. The zero-order chi connectivity index (χ0) is 14.7. The van der Waals surface area contributed by atoms with E-state index in [4.69, 9.17) is 0 Å². The number of nitrogens with one attached hydrogen (secondary N) is 1. The maximum atomic E-state index is 2.50. The summed E-state index contributed by atoms with van der Waals surface area (Å²) in [4.78, 5) is 4.11. The van der Waals surface area contributed by atoms with E-state index >= 15 is 0 Å². The molecule has 1 aromatic carbocycles. The van der Waals surface area contributed by atoms with E-state index in [0.29, 0.717) is 0 Å². The van der Waals surface area contributed by atoms with Gasteiger partial charge in [-0.2, -0.15) is 0 Å². The molecule has 1 aromatic rings. The lowest BCUT2D eigenvalue weighted by atomic mass is 10.0. The topological polar surface area (TPSA) is 7.68 Å². The Hall–Kier alpha value is -1.54. The highest BCUT2D eigenvalue weighted by Crippen LogP contribution is 2.24. The summed E-state index contributed by atoms with van der Waals surface area (Å²) in [7, 11) is 2.26. The van der Waals surface area contributed by atoms with Crippen molar-refractivity contribution in [3.63, 3.8) is 0 Å². The van der Waals surface area contributed by atoms with Gasteiger partial charge in [-0.3, -0.25) is 0 Å². The number of hydrogen-bond donors (Lipinski definition) is 1. The molecular weight excluding hydrogens is 256 g/mol. The third-order valence-corrected chi connectivity index (χ3v) is 4.75. The number of anilines is 1. The Morgan fingerprint density at radius 3 is 2.62 bits per heavy atom. The molecule has 1 unspecified atom stereocenters. The summed E-state index contributed by atoms with van der Waals surface area (Å²) in [6.07, 6.45) is 10.9. The molecule has 0 spiro atoms. The van der Waals surface area contributed by atoms with Crippen molar-refractivity contribution in [3.8, 4) is 0 Å². The van der Waals surface area contributed by atoms with E-state index in [0.717, 1.165) is 6.54 Å². The highest BCUT2D eigenvalue weighted by molar-refractivity contribution is 5.62. The summed E-state index contributed by atoms with van der Waals surface area (Å²) in [5.74, 6) is 0. The minimum Gasteiger partial charge on any atom is -0.372 e. The molecule has 1 fully saturated rings. The first-order valence-electron chi connectivity index (χ1n) is 8.26. The number of benzene rings is 1. The average Bonchev–Trinajstić information content (AvgIpc) is 3.02. The van der Waals surface area contributed by atoms with Crippen LogP contribution in [0.2, 0.25) is 0 Å². The summed E-state index contributed by atoms with van der Waals surface area (Å²) >= 11 is 0. The van der Waals surface area contributed by atoms with Crippen molar-refractivity contribution in [3.05, 3.63) is 47.1 Å².